The van der Waals surface area contributed by atoms with Crippen LogP contribution in [0.2, 0.25) is 0 Å². The molecule has 34 heavy (non-hydrogen) atoms. The average Bonchev–Trinajstić information content (AvgIpc) is 3.33. The van der Waals surface area contributed by atoms with Crippen LogP contribution in [0.15, 0.2) is 70.0 Å². The van der Waals surface area contributed by atoms with Crippen molar-refractivity contribution < 1.29 is 31.2 Å². The largest absolute Gasteiger partial charge is 0.493 e. The zero-order valence-electron chi connectivity index (χ0n) is 18.9. The highest BCUT2D eigenvalue weighted by atomic mass is 32.2. The van der Waals surface area contributed by atoms with E-state index < -0.39 is 10.1 Å². The van der Waals surface area contributed by atoms with Crippen LogP contribution < -0.4 is 18.4 Å². The summed E-state index contributed by atoms with van der Waals surface area (Å²) in [6.45, 7) is 1.87. The van der Waals surface area contributed by atoms with E-state index in [-0.39, 0.29) is 22.4 Å². The number of para-hydroxylation sites is 1. The van der Waals surface area contributed by atoms with E-state index in [1.165, 1.54) is 39.5 Å². The van der Waals surface area contributed by atoms with Gasteiger partial charge in [-0.05, 0) is 43.3 Å². The number of aromatic nitrogens is 2. The molecule has 0 N–H and O–H groups in total. The Morgan fingerprint density at radius 2 is 1.38 bits per heavy atom. The molecule has 1 heterocycles. The SMILES string of the molecule is COc1cc(-c2nnc(-c3ccccc3OS(=O)(=O)c3ccc(C)cc3)o2)cc(OC)c1OC. The number of rotatable bonds is 8. The molecule has 10 heteroatoms. The minimum atomic E-state index is -4.07. The van der Waals surface area contributed by atoms with Crippen molar-refractivity contribution in [1.82, 2.24) is 10.2 Å². The third-order valence-electron chi connectivity index (χ3n) is 4.96. The van der Waals surface area contributed by atoms with E-state index in [1.807, 2.05) is 6.92 Å². The van der Waals surface area contributed by atoms with Crippen LogP contribution in [-0.2, 0) is 10.1 Å². The van der Waals surface area contributed by atoms with E-state index in [4.69, 9.17) is 22.8 Å². The van der Waals surface area contributed by atoms with Crippen molar-refractivity contribution in [2.24, 2.45) is 0 Å². The highest BCUT2D eigenvalue weighted by Crippen LogP contribution is 2.41. The number of aryl methyl sites for hydroxylation is 1. The van der Waals surface area contributed by atoms with Crippen molar-refractivity contribution in [3.05, 3.63) is 66.2 Å². The van der Waals surface area contributed by atoms with E-state index >= 15 is 0 Å². The van der Waals surface area contributed by atoms with Crippen LogP contribution in [0.4, 0.5) is 0 Å². The molecule has 0 spiro atoms. The smallest absolute Gasteiger partial charge is 0.339 e. The summed E-state index contributed by atoms with van der Waals surface area (Å²) in [7, 11) is 0.443. The highest BCUT2D eigenvalue weighted by molar-refractivity contribution is 7.87. The third-order valence-corrected chi connectivity index (χ3v) is 6.21. The maximum atomic E-state index is 12.8. The van der Waals surface area contributed by atoms with Crippen molar-refractivity contribution in [3.63, 3.8) is 0 Å². The van der Waals surface area contributed by atoms with Gasteiger partial charge in [0.25, 0.3) is 5.89 Å². The van der Waals surface area contributed by atoms with Crippen LogP contribution in [0.3, 0.4) is 0 Å². The minimum absolute atomic E-state index is 0.0385. The summed E-state index contributed by atoms with van der Waals surface area (Å²) in [6, 6.07) is 16.2. The standard InChI is InChI=1S/C24H22N2O7S/c1-15-9-11-17(12-10-15)34(27,28)33-19-8-6-5-7-18(19)24-26-25-23(32-24)16-13-20(29-2)22(31-4)21(14-16)30-3/h5-14H,1-4H3. The number of hydrogen-bond donors (Lipinski definition) is 0. The molecule has 0 fully saturated rings. The Kier molecular flexibility index (Phi) is 6.42. The van der Waals surface area contributed by atoms with Gasteiger partial charge in [-0.25, -0.2) is 0 Å². The lowest BCUT2D eigenvalue weighted by Crippen LogP contribution is -2.10. The van der Waals surface area contributed by atoms with E-state index in [2.05, 4.69) is 10.2 Å². The fourth-order valence-corrected chi connectivity index (χ4v) is 4.19. The molecule has 0 bridgehead atoms. The predicted molar refractivity (Wildman–Crippen MR) is 124 cm³/mol. The molecule has 0 radical (unpaired) electrons. The highest BCUT2D eigenvalue weighted by Gasteiger charge is 2.22. The van der Waals surface area contributed by atoms with Gasteiger partial charge in [-0.15, -0.1) is 10.2 Å². The van der Waals surface area contributed by atoms with Crippen LogP contribution in [-0.4, -0.2) is 39.9 Å². The Hall–Kier alpha value is -4.05. The normalized spacial score (nSPS) is 11.2. The van der Waals surface area contributed by atoms with Gasteiger partial charge >= 0.3 is 10.1 Å². The maximum Gasteiger partial charge on any atom is 0.339 e. The number of ether oxygens (including phenoxy) is 3. The zero-order chi connectivity index (χ0) is 24.3. The lowest BCUT2D eigenvalue weighted by atomic mass is 10.2. The molecule has 1 aromatic heterocycles. The Balaban J connectivity index is 1.70. The van der Waals surface area contributed by atoms with Crippen molar-refractivity contribution >= 4 is 10.1 Å². The quantitative estimate of drug-likeness (QED) is 0.335. The van der Waals surface area contributed by atoms with Gasteiger partial charge in [0, 0.05) is 5.56 Å². The average molecular weight is 483 g/mol. The summed E-state index contributed by atoms with van der Waals surface area (Å²) in [6.07, 6.45) is 0. The summed E-state index contributed by atoms with van der Waals surface area (Å²) in [5.74, 6) is 1.58. The van der Waals surface area contributed by atoms with Crippen molar-refractivity contribution in [1.29, 1.82) is 0 Å². The first-order valence-electron chi connectivity index (χ1n) is 10.1. The fraction of sp³-hybridized carbons (Fsp3) is 0.167. The van der Waals surface area contributed by atoms with Crippen LogP contribution in [0, 0.1) is 6.92 Å². The van der Waals surface area contributed by atoms with Gasteiger partial charge < -0.3 is 22.8 Å². The first kappa shape index (κ1) is 23.1. The Bertz CT molecular complexity index is 1390. The van der Waals surface area contributed by atoms with Crippen molar-refractivity contribution in [2.45, 2.75) is 11.8 Å². The molecule has 4 aromatic rings. The number of nitrogens with zero attached hydrogens (tertiary/aromatic N) is 2. The molecule has 4 rings (SSSR count). The summed E-state index contributed by atoms with van der Waals surface area (Å²) in [4.78, 5) is 0.0385. The molecule has 176 valence electrons. The second-order valence-electron chi connectivity index (χ2n) is 7.17. The molecular formula is C24H22N2O7S. The zero-order valence-corrected chi connectivity index (χ0v) is 19.8. The fourth-order valence-electron chi connectivity index (χ4n) is 3.24. The molecule has 9 nitrogen and oxygen atoms in total. The summed E-state index contributed by atoms with van der Waals surface area (Å²) in [5.41, 5.74) is 1.79. The number of benzene rings is 3. The summed E-state index contributed by atoms with van der Waals surface area (Å²) < 4.78 is 53.0. The molecule has 3 aromatic carbocycles. The van der Waals surface area contributed by atoms with E-state index in [1.54, 1.807) is 42.5 Å². The second kappa shape index (κ2) is 9.44. The van der Waals surface area contributed by atoms with Gasteiger partial charge in [0.05, 0.1) is 26.9 Å². The van der Waals surface area contributed by atoms with Gasteiger partial charge in [-0.3, -0.25) is 0 Å². The van der Waals surface area contributed by atoms with Crippen LogP contribution in [0.25, 0.3) is 22.9 Å². The lowest BCUT2D eigenvalue weighted by Gasteiger charge is -2.12. The Morgan fingerprint density at radius 1 is 0.765 bits per heavy atom. The monoisotopic (exact) mass is 482 g/mol. The van der Waals surface area contributed by atoms with Crippen molar-refractivity contribution in [3.8, 4) is 45.9 Å². The molecular weight excluding hydrogens is 460 g/mol. The molecule has 0 aliphatic carbocycles. The van der Waals surface area contributed by atoms with E-state index in [0.29, 0.717) is 28.4 Å². The van der Waals surface area contributed by atoms with Crippen LogP contribution in [0.5, 0.6) is 23.0 Å². The number of methoxy groups -OCH3 is 3. The summed E-state index contributed by atoms with van der Waals surface area (Å²) >= 11 is 0. The van der Waals surface area contributed by atoms with Gasteiger partial charge in [-0.1, -0.05) is 29.8 Å². The van der Waals surface area contributed by atoms with Gasteiger partial charge in [0.2, 0.25) is 11.6 Å². The van der Waals surface area contributed by atoms with Crippen LogP contribution in [0.1, 0.15) is 5.56 Å². The van der Waals surface area contributed by atoms with Gasteiger partial charge in [-0.2, -0.15) is 8.42 Å². The first-order valence-corrected chi connectivity index (χ1v) is 11.5. The second-order valence-corrected chi connectivity index (χ2v) is 8.72. The lowest BCUT2D eigenvalue weighted by molar-refractivity contribution is 0.324. The molecule has 0 unspecified atom stereocenters. The minimum Gasteiger partial charge on any atom is -0.493 e. The molecule has 0 saturated heterocycles. The number of hydrogen-bond acceptors (Lipinski definition) is 9. The Morgan fingerprint density at radius 3 is 2.00 bits per heavy atom. The van der Waals surface area contributed by atoms with Gasteiger partial charge in [0.1, 0.15) is 4.90 Å². The topological polar surface area (TPSA) is 110 Å². The van der Waals surface area contributed by atoms with Crippen LogP contribution >= 0.6 is 0 Å². The maximum absolute atomic E-state index is 12.8. The first-order chi connectivity index (χ1) is 16.4. The van der Waals surface area contributed by atoms with Crippen molar-refractivity contribution in [2.75, 3.05) is 21.3 Å². The molecule has 0 aliphatic heterocycles. The third kappa shape index (κ3) is 4.53. The molecule has 0 atom stereocenters. The van der Waals surface area contributed by atoms with E-state index in [0.717, 1.165) is 5.56 Å². The summed E-state index contributed by atoms with van der Waals surface area (Å²) in [5, 5.41) is 8.19. The molecule has 0 saturated carbocycles. The Labute approximate surface area is 197 Å². The molecule has 0 aliphatic rings. The van der Waals surface area contributed by atoms with E-state index in [9.17, 15) is 8.42 Å². The van der Waals surface area contributed by atoms with Gasteiger partial charge in [0.15, 0.2) is 17.2 Å². The molecule has 0 amide bonds. The predicted octanol–water partition coefficient (Wildman–Crippen LogP) is 4.51.